The number of aliphatic imine (C=N–C) groups is 1. The molecule has 0 saturated heterocycles. The highest BCUT2D eigenvalue weighted by Crippen LogP contribution is 2.26. The predicted molar refractivity (Wildman–Crippen MR) is 95.8 cm³/mol. The second kappa shape index (κ2) is 8.06. The predicted octanol–water partition coefficient (Wildman–Crippen LogP) is 3.02. The molecular weight excluding hydrogens is 304 g/mol. The molecule has 0 radical (unpaired) electrons. The largest absolute Gasteiger partial charge is 0.508 e. The normalized spacial score (nSPS) is 11.6. The number of rotatable bonds is 7. The van der Waals surface area contributed by atoms with E-state index in [1.54, 1.807) is 20.2 Å². The van der Waals surface area contributed by atoms with Crippen LogP contribution in [0.1, 0.15) is 11.1 Å². The highest BCUT2D eigenvalue weighted by atomic mass is 16.5. The average molecular weight is 326 g/mol. The minimum absolute atomic E-state index is 0.113. The van der Waals surface area contributed by atoms with Gasteiger partial charge >= 0.3 is 0 Å². The topological polar surface area (TPSA) is 74.1 Å². The van der Waals surface area contributed by atoms with E-state index in [9.17, 15) is 10.2 Å². The smallest absolute Gasteiger partial charge is 0.119 e. The molecule has 0 aliphatic rings. The van der Waals surface area contributed by atoms with Crippen molar-refractivity contribution in [2.75, 3.05) is 14.2 Å². The lowest BCUT2D eigenvalue weighted by atomic mass is 10.0. The molecule has 0 atom stereocenters. The van der Waals surface area contributed by atoms with Gasteiger partial charge < -0.3 is 20.3 Å². The number of ether oxygens (including phenoxy) is 1. The van der Waals surface area contributed by atoms with Gasteiger partial charge in [0.2, 0.25) is 0 Å². The Hall–Kier alpha value is -2.95. The van der Waals surface area contributed by atoms with Gasteiger partial charge in [0.1, 0.15) is 17.2 Å². The summed E-state index contributed by atoms with van der Waals surface area (Å²) in [6.45, 7) is 3.66. The molecule has 126 valence electrons. The molecule has 2 aromatic rings. The summed E-state index contributed by atoms with van der Waals surface area (Å²) in [5.41, 5.74) is 3.31. The van der Waals surface area contributed by atoms with Gasteiger partial charge in [-0.3, -0.25) is 4.99 Å². The molecule has 0 spiro atoms. The van der Waals surface area contributed by atoms with Crippen molar-refractivity contribution in [2.24, 2.45) is 4.99 Å². The summed E-state index contributed by atoms with van der Waals surface area (Å²) in [5.74, 6) is 1.05. The van der Waals surface area contributed by atoms with Gasteiger partial charge in [-0.2, -0.15) is 0 Å². The summed E-state index contributed by atoms with van der Waals surface area (Å²) >= 11 is 0. The molecule has 0 heterocycles. The standard InChI is InChI=1S/C19H22N2O3/c1-20-17(10-13-4-7-16(24-3)8-5-13)18(21-2)12-14-11-15(22)6-9-19(14)23/h4-9,11,21-23H,1,10,12H2,2-3H3. The van der Waals surface area contributed by atoms with Crippen LogP contribution in [0.5, 0.6) is 17.2 Å². The lowest BCUT2D eigenvalue weighted by Gasteiger charge is -2.13. The van der Waals surface area contributed by atoms with E-state index < -0.39 is 0 Å². The third-order valence-corrected chi connectivity index (χ3v) is 3.80. The van der Waals surface area contributed by atoms with E-state index in [0.717, 1.165) is 22.7 Å². The van der Waals surface area contributed by atoms with Gasteiger partial charge in [0.25, 0.3) is 0 Å². The van der Waals surface area contributed by atoms with Gasteiger partial charge in [0.05, 0.1) is 12.8 Å². The summed E-state index contributed by atoms with van der Waals surface area (Å²) in [5, 5.41) is 22.7. The number of methoxy groups -OCH3 is 1. The number of phenolic OH excluding ortho intramolecular Hbond substituents is 2. The number of aromatic hydroxyl groups is 2. The zero-order valence-corrected chi connectivity index (χ0v) is 13.9. The number of likely N-dealkylation sites (N-methyl/N-ethyl adjacent to an activating group) is 1. The second-order valence-corrected chi connectivity index (χ2v) is 5.35. The maximum atomic E-state index is 9.96. The number of nitrogens with zero attached hydrogens (tertiary/aromatic N) is 1. The van der Waals surface area contributed by atoms with Crippen molar-refractivity contribution in [3.8, 4) is 17.2 Å². The Balaban J connectivity index is 2.27. The van der Waals surface area contributed by atoms with E-state index in [0.29, 0.717) is 18.4 Å². The fraction of sp³-hybridized carbons (Fsp3) is 0.211. The van der Waals surface area contributed by atoms with Crippen LogP contribution in [0.3, 0.4) is 0 Å². The lowest BCUT2D eigenvalue weighted by molar-refractivity contribution is 0.414. The maximum absolute atomic E-state index is 9.96. The van der Waals surface area contributed by atoms with Crippen molar-refractivity contribution in [1.82, 2.24) is 5.32 Å². The number of hydrogen-bond donors (Lipinski definition) is 3. The molecule has 24 heavy (non-hydrogen) atoms. The molecule has 5 nitrogen and oxygen atoms in total. The molecule has 0 bridgehead atoms. The number of nitrogens with one attached hydrogen (secondary N) is 1. The molecule has 2 aromatic carbocycles. The Labute approximate surface area is 142 Å². The number of allylic oxidation sites excluding steroid dienone is 2. The number of hydrogen-bond acceptors (Lipinski definition) is 5. The highest BCUT2D eigenvalue weighted by molar-refractivity contribution is 5.42. The van der Waals surface area contributed by atoms with E-state index in [1.165, 1.54) is 12.1 Å². The van der Waals surface area contributed by atoms with Crippen molar-refractivity contribution in [3.05, 3.63) is 65.0 Å². The molecule has 0 fully saturated rings. The Morgan fingerprint density at radius 3 is 2.42 bits per heavy atom. The van der Waals surface area contributed by atoms with Gasteiger partial charge in [0, 0.05) is 31.1 Å². The lowest BCUT2D eigenvalue weighted by Crippen LogP contribution is -2.12. The van der Waals surface area contributed by atoms with Crippen LogP contribution in [0.4, 0.5) is 0 Å². The minimum Gasteiger partial charge on any atom is -0.508 e. The molecule has 0 aromatic heterocycles. The van der Waals surface area contributed by atoms with Crippen LogP contribution in [-0.4, -0.2) is 31.1 Å². The van der Waals surface area contributed by atoms with E-state index in [2.05, 4.69) is 17.0 Å². The quantitative estimate of drug-likeness (QED) is 0.540. The Morgan fingerprint density at radius 1 is 1.12 bits per heavy atom. The average Bonchev–Trinajstić information content (AvgIpc) is 2.61. The van der Waals surface area contributed by atoms with Crippen LogP contribution in [0.15, 0.2) is 58.9 Å². The van der Waals surface area contributed by atoms with Crippen LogP contribution in [-0.2, 0) is 12.8 Å². The molecular formula is C19H22N2O3. The molecule has 0 amide bonds. The van der Waals surface area contributed by atoms with Crippen molar-refractivity contribution < 1.29 is 14.9 Å². The first kappa shape index (κ1) is 17.4. The van der Waals surface area contributed by atoms with E-state index in [-0.39, 0.29) is 11.5 Å². The van der Waals surface area contributed by atoms with Gasteiger partial charge in [-0.05, 0) is 42.6 Å². The van der Waals surface area contributed by atoms with Gasteiger partial charge in [0.15, 0.2) is 0 Å². The second-order valence-electron chi connectivity index (χ2n) is 5.35. The molecule has 2 rings (SSSR count). The zero-order valence-electron chi connectivity index (χ0n) is 13.9. The third kappa shape index (κ3) is 4.29. The fourth-order valence-corrected chi connectivity index (χ4v) is 2.43. The summed E-state index contributed by atoms with van der Waals surface area (Å²) < 4.78 is 5.16. The minimum atomic E-state index is 0.113. The van der Waals surface area contributed by atoms with E-state index in [4.69, 9.17) is 4.74 Å². The summed E-state index contributed by atoms with van der Waals surface area (Å²) in [7, 11) is 3.43. The molecule has 3 N–H and O–H groups in total. The summed E-state index contributed by atoms with van der Waals surface area (Å²) in [6.07, 6.45) is 1.02. The van der Waals surface area contributed by atoms with Crippen LogP contribution in [0.25, 0.3) is 0 Å². The van der Waals surface area contributed by atoms with E-state index in [1.807, 2.05) is 24.3 Å². The number of phenols is 2. The third-order valence-electron chi connectivity index (χ3n) is 3.80. The summed E-state index contributed by atoms with van der Waals surface area (Å²) in [6, 6.07) is 12.2. The first-order valence-electron chi connectivity index (χ1n) is 7.57. The SMILES string of the molecule is C=NC(Cc1ccc(OC)cc1)=C(Cc1cc(O)ccc1O)NC. The highest BCUT2D eigenvalue weighted by Gasteiger charge is 2.10. The first-order valence-corrected chi connectivity index (χ1v) is 7.57. The molecule has 0 saturated carbocycles. The van der Waals surface area contributed by atoms with Crippen molar-refractivity contribution in [2.45, 2.75) is 12.8 Å². The Kier molecular flexibility index (Phi) is 5.84. The molecule has 0 unspecified atom stereocenters. The van der Waals surface area contributed by atoms with Gasteiger partial charge in [-0.15, -0.1) is 0 Å². The van der Waals surface area contributed by atoms with Crippen LogP contribution < -0.4 is 10.1 Å². The number of benzene rings is 2. The van der Waals surface area contributed by atoms with E-state index >= 15 is 0 Å². The Morgan fingerprint density at radius 2 is 1.83 bits per heavy atom. The summed E-state index contributed by atoms with van der Waals surface area (Å²) in [4.78, 5) is 4.14. The Bertz CT molecular complexity index is 737. The molecule has 0 aliphatic carbocycles. The van der Waals surface area contributed by atoms with Crippen molar-refractivity contribution in [1.29, 1.82) is 0 Å². The van der Waals surface area contributed by atoms with Crippen LogP contribution in [0.2, 0.25) is 0 Å². The van der Waals surface area contributed by atoms with Crippen LogP contribution in [0, 0.1) is 0 Å². The zero-order chi connectivity index (χ0) is 17.5. The van der Waals surface area contributed by atoms with Gasteiger partial charge in [-0.25, -0.2) is 0 Å². The molecule has 0 aliphatic heterocycles. The van der Waals surface area contributed by atoms with Crippen LogP contribution >= 0.6 is 0 Å². The first-order chi connectivity index (χ1) is 11.6. The maximum Gasteiger partial charge on any atom is 0.119 e. The van der Waals surface area contributed by atoms with Crippen molar-refractivity contribution >= 4 is 6.72 Å². The fourth-order valence-electron chi connectivity index (χ4n) is 2.43. The van der Waals surface area contributed by atoms with Crippen molar-refractivity contribution in [3.63, 3.8) is 0 Å². The monoisotopic (exact) mass is 326 g/mol. The molecule has 5 heteroatoms. The van der Waals surface area contributed by atoms with Gasteiger partial charge in [-0.1, -0.05) is 12.1 Å².